The molecule has 1 aromatic carbocycles. The Kier molecular flexibility index (Phi) is 5.90. The van der Waals surface area contributed by atoms with Crippen molar-refractivity contribution in [1.29, 1.82) is 0 Å². The minimum Gasteiger partial charge on any atom is -0.464 e. The number of esters is 1. The van der Waals surface area contributed by atoms with Crippen molar-refractivity contribution in [2.24, 2.45) is 0 Å². The second kappa shape index (κ2) is 7.24. The Morgan fingerprint density at radius 1 is 1.32 bits per heavy atom. The van der Waals surface area contributed by atoms with Crippen molar-refractivity contribution in [3.05, 3.63) is 35.1 Å². The molecule has 0 bridgehead atoms. The fourth-order valence-corrected chi connectivity index (χ4v) is 1.54. The van der Waals surface area contributed by atoms with Gasteiger partial charge >= 0.3 is 12.1 Å². The van der Waals surface area contributed by atoms with Crippen molar-refractivity contribution in [3.8, 4) is 0 Å². The van der Waals surface area contributed by atoms with Crippen molar-refractivity contribution >= 4 is 11.9 Å². The Morgan fingerprint density at radius 2 is 1.95 bits per heavy atom. The summed E-state index contributed by atoms with van der Waals surface area (Å²) in [6.07, 6.45) is -4.12. The quantitative estimate of drug-likeness (QED) is 0.670. The molecule has 0 aromatic heterocycles. The standard InChI is InChI=1S/C14H15F4NO3/c1-3-6-22-13(21)8(2)19-12(20)10-7-9(14(16,17)18)4-5-11(10)15/h4-5,7-8H,3,6H2,1-2H3,(H,19,20). The van der Waals surface area contributed by atoms with Crippen LogP contribution in [0.1, 0.15) is 36.2 Å². The number of carbonyl (C=O) groups excluding carboxylic acids is 2. The number of carbonyl (C=O) groups is 2. The molecule has 0 saturated carbocycles. The number of rotatable bonds is 5. The van der Waals surface area contributed by atoms with E-state index in [1.165, 1.54) is 6.92 Å². The van der Waals surface area contributed by atoms with E-state index in [1.807, 2.05) is 0 Å². The molecular formula is C14H15F4NO3. The maximum atomic E-state index is 13.5. The maximum Gasteiger partial charge on any atom is 0.416 e. The number of ether oxygens (including phenoxy) is 1. The zero-order valence-electron chi connectivity index (χ0n) is 12.0. The van der Waals surface area contributed by atoms with E-state index in [4.69, 9.17) is 4.74 Å². The smallest absolute Gasteiger partial charge is 0.416 e. The first-order valence-electron chi connectivity index (χ1n) is 6.51. The van der Waals surface area contributed by atoms with Gasteiger partial charge in [-0.05, 0) is 31.5 Å². The molecule has 1 rings (SSSR count). The zero-order valence-corrected chi connectivity index (χ0v) is 12.0. The molecule has 1 aromatic rings. The van der Waals surface area contributed by atoms with E-state index >= 15 is 0 Å². The Labute approximate surface area is 124 Å². The summed E-state index contributed by atoms with van der Waals surface area (Å²) in [6, 6.07) is 0.380. The monoisotopic (exact) mass is 321 g/mol. The summed E-state index contributed by atoms with van der Waals surface area (Å²) in [5.74, 6) is -2.98. The van der Waals surface area contributed by atoms with Gasteiger partial charge in [0.2, 0.25) is 0 Å². The highest BCUT2D eigenvalue weighted by Crippen LogP contribution is 2.30. The van der Waals surface area contributed by atoms with E-state index in [0.29, 0.717) is 24.6 Å². The summed E-state index contributed by atoms with van der Waals surface area (Å²) in [7, 11) is 0. The summed E-state index contributed by atoms with van der Waals surface area (Å²) in [6.45, 7) is 3.22. The van der Waals surface area contributed by atoms with Crippen LogP contribution in [0.3, 0.4) is 0 Å². The van der Waals surface area contributed by atoms with Crippen LogP contribution in [0.2, 0.25) is 0 Å². The molecule has 4 nitrogen and oxygen atoms in total. The van der Waals surface area contributed by atoms with Crippen LogP contribution in [0.25, 0.3) is 0 Å². The number of nitrogens with one attached hydrogen (secondary N) is 1. The van der Waals surface area contributed by atoms with Crippen LogP contribution in [0.5, 0.6) is 0 Å². The van der Waals surface area contributed by atoms with Gasteiger partial charge < -0.3 is 10.1 Å². The summed E-state index contributed by atoms with van der Waals surface area (Å²) in [5.41, 5.74) is -1.94. The Bertz CT molecular complexity index is 558. The lowest BCUT2D eigenvalue weighted by Gasteiger charge is -2.14. The Hall–Kier alpha value is -2.12. The molecule has 1 N–H and O–H groups in total. The first kappa shape index (κ1) is 17.9. The van der Waals surface area contributed by atoms with E-state index < -0.39 is 41.0 Å². The van der Waals surface area contributed by atoms with Gasteiger partial charge in [-0.25, -0.2) is 9.18 Å². The molecule has 1 amide bonds. The lowest BCUT2D eigenvalue weighted by Crippen LogP contribution is -2.40. The Morgan fingerprint density at radius 3 is 2.50 bits per heavy atom. The van der Waals surface area contributed by atoms with E-state index in [0.717, 1.165) is 0 Å². The molecule has 0 spiro atoms. The summed E-state index contributed by atoms with van der Waals surface area (Å²) < 4.78 is 56.0. The van der Waals surface area contributed by atoms with Crippen molar-refractivity contribution in [3.63, 3.8) is 0 Å². The summed E-state index contributed by atoms with van der Waals surface area (Å²) >= 11 is 0. The van der Waals surface area contributed by atoms with Gasteiger partial charge in [-0.2, -0.15) is 13.2 Å². The number of benzene rings is 1. The number of halogens is 4. The fourth-order valence-electron chi connectivity index (χ4n) is 1.54. The van der Waals surface area contributed by atoms with E-state index in [-0.39, 0.29) is 6.61 Å². The topological polar surface area (TPSA) is 55.4 Å². The highest BCUT2D eigenvalue weighted by molar-refractivity contribution is 5.97. The van der Waals surface area contributed by atoms with Crippen LogP contribution in [0.4, 0.5) is 17.6 Å². The molecule has 0 fully saturated rings. The van der Waals surface area contributed by atoms with Gasteiger partial charge in [0.1, 0.15) is 11.9 Å². The van der Waals surface area contributed by atoms with Gasteiger partial charge in [0, 0.05) is 0 Å². The number of amides is 1. The van der Waals surface area contributed by atoms with E-state index in [1.54, 1.807) is 6.92 Å². The normalized spacial score (nSPS) is 12.6. The van der Waals surface area contributed by atoms with Crippen molar-refractivity contribution in [1.82, 2.24) is 5.32 Å². The minimum atomic E-state index is -4.70. The van der Waals surface area contributed by atoms with Crippen LogP contribution in [0.15, 0.2) is 18.2 Å². The Balaban J connectivity index is 2.87. The van der Waals surface area contributed by atoms with Gasteiger partial charge in [0.25, 0.3) is 5.91 Å². The first-order valence-corrected chi connectivity index (χ1v) is 6.51. The van der Waals surface area contributed by atoms with Crippen molar-refractivity contribution < 1.29 is 31.9 Å². The molecule has 1 unspecified atom stereocenters. The average Bonchev–Trinajstić information content (AvgIpc) is 2.43. The number of alkyl halides is 3. The van der Waals surface area contributed by atoms with Gasteiger partial charge in [-0.1, -0.05) is 6.92 Å². The van der Waals surface area contributed by atoms with Crippen molar-refractivity contribution in [2.45, 2.75) is 32.5 Å². The molecule has 0 radical (unpaired) electrons. The SMILES string of the molecule is CCCOC(=O)C(C)NC(=O)c1cc(C(F)(F)F)ccc1F. The molecule has 0 aliphatic rings. The molecule has 1 atom stereocenters. The molecule has 0 heterocycles. The predicted molar refractivity (Wildman–Crippen MR) is 69.6 cm³/mol. The minimum absolute atomic E-state index is 0.150. The summed E-state index contributed by atoms with van der Waals surface area (Å²) in [4.78, 5) is 23.3. The van der Waals surface area contributed by atoms with Crippen LogP contribution in [-0.2, 0) is 15.7 Å². The van der Waals surface area contributed by atoms with Crippen LogP contribution >= 0.6 is 0 Å². The fraction of sp³-hybridized carbons (Fsp3) is 0.429. The summed E-state index contributed by atoms with van der Waals surface area (Å²) in [5, 5.41) is 2.10. The number of hydrogen-bond acceptors (Lipinski definition) is 3. The first-order chi connectivity index (χ1) is 10.2. The van der Waals surface area contributed by atoms with Crippen LogP contribution < -0.4 is 5.32 Å². The van der Waals surface area contributed by atoms with Gasteiger partial charge in [-0.15, -0.1) is 0 Å². The lowest BCUT2D eigenvalue weighted by molar-refractivity contribution is -0.145. The highest BCUT2D eigenvalue weighted by atomic mass is 19.4. The predicted octanol–water partition coefficient (Wildman–Crippen LogP) is 2.92. The molecule has 122 valence electrons. The number of hydrogen-bond donors (Lipinski definition) is 1. The van der Waals surface area contributed by atoms with Gasteiger partial charge in [-0.3, -0.25) is 4.79 Å². The maximum absolute atomic E-state index is 13.5. The third kappa shape index (κ3) is 4.71. The third-order valence-electron chi connectivity index (χ3n) is 2.69. The largest absolute Gasteiger partial charge is 0.464 e. The molecule has 0 saturated heterocycles. The third-order valence-corrected chi connectivity index (χ3v) is 2.69. The average molecular weight is 321 g/mol. The van der Waals surface area contributed by atoms with Crippen molar-refractivity contribution in [2.75, 3.05) is 6.61 Å². The van der Waals surface area contributed by atoms with Gasteiger partial charge in [0.05, 0.1) is 17.7 Å². The second-order valence-electron chi connectivity index (χ2n) is 4.56. The van der Waals surface area contributed by atoms with Gasteiger partial charge in [0.15, 0.2) is 0 Å². The van der Waals surface area contributed by atoms with Crippen LogP contribution in [-0.4, -0.2) is 24.5 Å². The highest BCUT2D eigenvalue weighted by Gasteiger charge is 2.32. The molecule has 8 heteroatoms. The molecule has 0 aliphatic carbocycles. The van der Waals surface area contributed by atoms with E-state index in [9.17, 15) is 27.2 Å². The lowest BCUT2D eigenvalue weighted by atomic mass is 10.1. The molecular weight excluding hydrogens is 306 g/mol. The molecule has 22 heavy (non-hydrogen) atoms. The molecule has 0 aliphatic heterocycles. The second-order valence-corrected chi connectivity index (χ2v) is 4.56. The van der Waals surface area contributed by atoms with E-state index in [2.05, 4.69) is 5.32 Å². The van der Waals surface area contributed by atoms with Crippen LogP contribution in [0, 0.1) is 5.82 Å². The zero-order chi connectivity index (χ0) is 16.9.